The summed E-state index contributed by atoms with van der Waals surface area (Å²) in [6.45, 7) is 3.38. The standard InChI is InChI=1S/C19H21F3N4O2/c1-18(28)7-13(27)6-12-8-25-17(16(12)18)11-2-4-26(5-3-11)15-10-23-14(9-24-15)19(20,21)22/h9-11,28H,2-8H2,1H3. The van der Waals surface area contributed by atoms with Crippen molar-refractivity contribution in [3.05, 3.63) is 29.2 Å². The van der Waals surface area contributed by atoms with Crippen molar-refractivity contribution < 1.29 is 23.1 Å². The molecule has 0 aromatic carbocycles. The smallest absolute Gasteiger partial charge is 0.385 e. The lowest BCUT2D eigenvalue weighted by molar-refractivity contribution is -0.141. The molecule has 0 bridgehead atoms. The Bertz CT molecular complexity index is 851. The van der Waals surface area contributed by atoms with Gasteiger partial charge in [-0.3, -0.25) is 9.79 Å². The first kappa shape index (κ1) is 19.0. The van der Waals surface area contributed by atoms with Crippen molar-refractivity contribution >= 4 is 17.3 Å². The third kappa shape index (κ3) is 3.43. The molecular weight excluding hydrogens is 373 g/mol. The molecule has 1 aromatic heterocycles. The number of piperidine rings is 1. The summed E-state index contributed by atoms with van der Waals surface area (Å²) in [5, 5.41) is 10.8. The predicted molar refractivity (Wildman–Crippen MR) is 96.2 cm³/mol. The zero-order valence-corrected chi connectivity index (χ0v) is 15.5. The van der Waals surface area contributed by atoms with Gasteiger partial charge >= 0.3 is 6.18 Å². The Balaban J connectivity index is 1.44. The average Bonchev–Trinajstić information content (AvgIpc) is 3.05. The number of alkyl halides is 3. The van der Waals surface area contributed by atoms with Crippen LogP contribution >= 0.6 is 0 Å². The number of nitrogens with zero attached hydrogens (tertiary/aromatic N) is 4. The monoisotopic (exact) mass is 394 g/mol. The van der Waals surface area contributed by atoms with Crippen LogP contribution in [-0.4, -0.2) is 51.8 Å². The maximum atomic E-state index is 12.6. The average molecular weight is 394 g/mol. The van der Waals surface area contributed by atoms with Crippen LogP contribution < -0.4 is 4.90 Å². The molecule has 9 heteroatoms. The van der Waals surface area contributed by atoms with Gasteiger partial charge in [-0.05, 0) is 25.3 Å². The second-order valence-electron chi connectivity index (χ2n) is 7.87. The number of aliphatic imine (C=N–C) groups is 1. The van der Waals surface area contributed by atoms with Gasteiger partial charge in [0.1, 0.15) is 11.6 Å². The third-order valence-corrected chi connectivity index (χ3v) is 5.67. The van der Waals surface area contributed by atoms with Crippen LogP contribution in [0.1, 0.15) is 38.3 Å². The summed E-state index contributed by atoms with van der Waals surface area (Å²) in [6.07, 6.45) is -0.596. The maximum Gasteiger partial charge on any atom is 0.434 e. The number of hydrogen-bond acceptors (Lipinski definition) is 6. The van der Waals surface area contributed by atoms with Crippen LogP contribution in [0.4, 0.5) is 19.0 Å². The highest BCUT2D eigenvalue weighted by atomic mass is 19.4. The van der Waals surface area contributed by atoms with Gasteiger partial charge in [0.15, 0.2) is 5.69 Å². The lowest BCUT2D eigenvalue weighted by atomic mass is 9.74. The minimum absolute atomic E-state index is 0.0379. The number of hydrogen-bond donors (Lipinski definition) is 1. The summed E-state index contributed by atoms with van der Waals surface area (Å²) >= 11 is 0. The van der Waals surface area contributed by atoms with Gasteiger partial charge in [0.25, 0.3) is 0 Å². The van der Waals surface area contributed by atoms with E-state index in [0.29, 0.717) is 31.9 Å². The van der Waals surface area contributed by atoms with Crippen molar-refractivity contribution in [1.82, 2.24) is 9.97 Å². The molecule has 1 unspecified atom stereocenters. The third-order valence-electron chi connectivity index (χ3n) is 5.67. The van der Waals surface area contributed by atoms with Crippen molar-refractivity contribution in [3.63, 3.8) is 0 Å². The van der Waals surface area contributed by atoms with Crippen LogP contribution in [0.25, 0.3) is 0 Å². The Hall–Kier alpha value is -2.29. The number of aliphatic hydroxyl groups is 1. The molecule has 1 aliphatic carbocycles. The molecule has 1 atom stereocenters. The first-order valence-corrected chi connectivity index (χ1v) is 9.30. The summed E-state index contributed by atoms with van der Waals surface area (Å²) in [5.41, 5.74) is 0.480. The van der Waals surface area contributed by atoms with E-state index in [9.17, 15) is 23.1 Å². The van der Waals surface area contributed by atoms with Gasteiger partial charge in [-0.15, -0.1) is 0 Å². The van der Waals surface area contributed by atoms with E-state index >= 15 is 0 Å². The number of rotatable bonds is 2. The molecule has 3 aliphatic rings. The van der Waals surface area contributed by atoms with Crippen molar-refractivity contribution in [3.8, 4) is 0 Å². The molecule has 150 valence electrons. The predicted octanol–water partition coefficient (Wildman–Crippen LogP) is 2.58. The van der Waals surface area contributed by atoms with Crippen molar-refractivity contribution in [1.29, 1.82) is 0 Å². The molecular formula is C19H21F3N4O2. The van der Waals surface area contributed by atoms with Gasteiger partial charge in [-0.1, -0.05) is 0 Å². The van der Waals surface area contributed by atoms with E-state index in [-0.39, 0.29) is 18.1 Å². The highest BCUT2D eigenvalue weighted by Gasteiger charge is 2.43. The Kier molecular flexibility index (Phi) is 4.52. The van der Waals surface area contributed by atoms with E-state index in [1.165, 1.54) is 0 Å². The molecule has 6 nitrogen and oxygen atoms in total. The first-order chi connectivity index (χ1) is 13.1. The summed E-state index contributed by atoms with van der Waals surface area (Å²) < 4.78 is 37.9. The zero-order valence-electron chi connectivity index (χ0n) is 15.5. The number of carbonyl (C=O) groups is 1. The Morgan fingerprint density at radius 2 is 1.93 bits per heavy atom. The minimum Gasteiger partial charge on any atom is -0.385 e. The Labute approximate surface area is 160 Å². The van der Waals surface area contributed by atoms with Crippen LogP contribution in [0.3, 0.4) is 0 Å². The minimum atomic E-state index is -4.50. The van der Waals surface area contributed by atoms with Crippen molar-refractivity contribution in [2.24, 2.45) is 10.9 Å². The van der Waals surface area contributed by atoms with E-state index < -0.39 is 17.5 Å². The van der Waals surface area contributed by atoms with Gasteiger partial charge in [-0.2, -0.15) is 13.2 Å². The number of anilines is 1. The highest BCUT2D eigenvalue weighted by Crippen LogP contribution is 2.40. The van der Waals surface area contributed by atoms with E-state index in [1.54, 1.807) is 6.92 Å². The fourth-order valence-corrected chi connectivity index (χ4v) is 4.44. The molecule has 3 heterocycles. The molecule has 1 N–H and O–H groups in total. The van der Waals surface area contributed by atoms with Gasteiger partial charge in [0.05, 0.1) is 24.5 Å². The molecule has 1 saturated heterocycles. The van der Waals surface area contributed by atoms with Gasteiger partial charge in [0, 0.05) is 43.1 Å². The lowest BCUT2D eigenvalue weighted by Crippen LogP contribution is -2.42. The topological polar surface area (TPSA) is 78.7 Å². The first-order valence-electron chi connectivity index (χ1n) is 9.30. The lowest BCUT2D eigenvalue weighted by Gasteiger charge is -2.36. The second-order valence-corrected chi connectivity index (χ2v) is 7.87. The molecule has 0 saturated carbocycles. The van der Waals surface area contributed by atoms with Crippen LogP contribution in [0.5, 0.6) is 0 Å². The largest absolute Gasteiger partial charge is 0.434 e. The van der Waals surface area contributed by atoms with Crippen LogP contribution in [0, 0.1) is 5.92 Å². The van der Waals surface area contributed by atoms with Crippen molar-refractivity contribution in [2.75, 3.05) is 24.5 Å². The van der Waals surface area contributed by atoms with E-state index in [1.807, 2.05) is 4.90 Å². The molecule has 4 rings (SSSR count). The number of carbonyl (C=O) groups excluding carboxylic acids is 1. The van der Waals surface area contributed by atoms with E-state index in [0.717, 1.165) is 42.1 Å². The van der Waals surface area contributed by atoms with Gasteiger partial charge < -0.3 is 10.0 Å². The Morgan fingerprint density at radius 1 is 1.21 bits per heavy atom. The van der Waals surface area contributed by atoms with E-state index in [4.69, 9.17) is 0 Å². The molecule has 1 fully saturated rings. The molecule has 0 amide bonds. The number of halogens is 3. The maximum absolute atomic E-state index is 12.6. The SMILES string of the molecule is CC1(O)CC(=O)CC2=C1C(C1CCN(c3cnc(C(F)(F)F)cn3)CC1)=NC2. The number of Topliss-reactive ketones (excluding diaryl/α,β-unsaturated/α-hetero) is 1. The quantitative estimate of drug-likeness (QED) is 0.834. The number of aromatic nitrogens is 2. The highest BCUT2D eigenvalue weighted by molar-refractivity contribution is 6.08. The molecule has 1 aromatic rings. The molecule has 0 radical (unpaired) electrons. The second kappa shape index (κ2) is 6.65. The fraction of sp³-hybridized carbons (Fsp3) is 0.579. The number of ketones is 1. The zero-order chi connectivity index (χ0) is 20.1. The summed E-state index contributed by atoms with van der Waals surface area (Å²) in [7, 11) is 0. The van der Waals surface area contributed by atoms with Gasteiger partial charge in [-0.25, -0.2) is 9.97 Å². The van der Waals surface area contributed by atoms with Crippen LogP contribution in [0.2, 0.25) is 0 Å². The molecule has 28 heavy (non-hydrogen) atoms. The normalized spacial score (nSPS) is 26.5. The van der Waals surface area contributed by atoms with E-state index in [2.05, 4.69) is 15.0 Å². The summed E-state index contributed by atoms with van der Waals surface area (Å²) in [5.74, 6) is 0.622. The molecule has 2 aliphatic heterocycles. The summed E-state index contributed by atoms with van der Waals surface area (Å²) in [6, 6.07) is 0. The molecule has 0 spiro atoms. The Morgan fingerprint density at radius 3 is 2.54 bits per heavy atom. The van der Waals surface area contributed by atoms with Crippen molar-refractivity contribution in [2.45, 2.75) is 44.4 Å². The van der Waals surface area contributed by atoms with Crippen LogP contribution in [-0.2, 0) is 11.0 Å². The van der Waals surface area contributed by atoms with Gasteiger partial charge in [0.2, 0.25) is 0 Å². The fourth-order valence-electron chi connectivity index (χ4n) is 4.44. The van der Waals surface area contributed by atoms with Crippen LogP contribution in [0.15, 0.2) is 28.5 Å². The summed E-state index contributed by atoms with van der Waals surface area (Å²) in [4.78, 5) is 25.8.